The minimum absolute atomic E-state index is 0.682. The molecule has 2 atom stereocenters. The first-order valence-electron chi connectivity index (χ1n) is 4.04. The van der Waals surface area contributed by atoms with Crippen LogP contribution in [0, 0.1) is 23.7 Å². The average molecular weight is 132 g/mol. The molecule has 0 amide bonds. The van der Waals surface area contributed by atoms with Crippen LogP contribution in [0.25, 0.3) is 0 Å². The molecule has 2 aliphatic carbocycles. The second kappa shape index (κ2) is 2.16. The zero-order valence-electron chi connectivity index (χ0n) is 6.19. The van der Waals surface area contributed by atoms with E-state index in [1.165, 1.54) is 24.8 Å². The first-order valence-corrected chi connectivity index (χ1v) is 4.04. The average Bonchev–Trinajstić information content (AvgIpc) is 2.34. The number of allylic oxidation sites excluding steroid dienone is 1. The Morgan fingerprint density at radius 2 is 2.30 bits per heavy atom. The predicted molar refractivity (Wildman–Crippen MR) is 42.4 cm³/mol. The second-order valence-electron chi connectivity index (χ2n) is 3.27. The highest BCUT2D eigenvalue weighted by atomic mass is 14.3. The molecule has 0 aromatic heterocycles. The van der Waals surface area contributed by atoms with Crippen LogP contribution in [-0.4, -0.2) is 0 Å². The first-order chi connectivity index (χ1) is 4.88. The van der Waals surface area contributed by atoms with Crippen molar-refractivity contribution in [2.75, 3.05) is 0 Å². The number of hydrogen-bond acceptors (Lipinski definition) is 0. The van der Waals surface area contributed by atoms with E-state index in [0.717, 1.165) is 12.3 Å². The second-order valence-corrected chi connectivity index (χ2v) is 3.27. The van der Waals surface area contributed by atoms with Gasteiger partial charge < -0.3 is 0 Å². The maximum atomic E-state index is 4.07. The Hall–Kier alpha value is -0.700. The van der Waals surface area contributed by atoms with Gasteiger partial charge in [0, 0.05) is 12.3 Å². The summed E-state index contributed by atoms with van der Waals surface area (Å²) in [5, 5.41) is 0. The van der Waals surface area contributed by atoms with Crippen molar-refractivity contribution in [1.82, 2.24) is 0 Å². The molecule has 0 heteroatoms. The van der Waals surface area contributed by atoms with Crippen LogP contribution in [0.2, 0.25) is 0 Å². The van der Waals surface area contributed by atoms with Gasteiger partial charge in [-0.1, -0.05) is 18.1 Å². The van der Waals surface area contributed by atoms with Crippen molar-refractivity contribution >= 4 is 0 Å². The summed E-state index contributed by atoms with van der Waals surface area (Å²) in [6, 6.07) is 0. The summed E-state index contributed by atoms with van der Waals surface area (Å²) in [5.41, 5.74) is 1.46. The van der Waals surface area contributed by atoms with Gasteiger partial charge in [0.15, 0.2) is 0 Å². The van der Waals surface area contributed by atoms with Crippen LogP contribution in [0.15, 0.2) is 12.2 Å². The van der Waals surface area contributed by atoms with Crippen LogP contribution in [-0.2, 0) is 0 Å². The SMILES string of the molecule is C=C1CCC2C#CCCC12. The van der Waals surface area contributed by atoms with Gasteiger partial charge in [0.2, 0.25) is 0 Å². The molecule has 0 aliphatic heterocycles. The summed E-state index contributed by atoms with van der Waals surface area (Å²) in [4.78, 5) is 0. The quantitative estimate of drug-likeness (QED) is 0.350. The molecule has 0 aromatic rings. The van der Waals surface area contributed by atoms with E-state index in [4.69, 9.17) is 0 Å². The lowest BCUT2D eigenvalue weighted by molar-refractivity contribution is 0.481. The van der Waals surface area contributed by atoms with E-state index in [0.29, 0.717) is 5.92 Å². The maximum Gasteiger partial charge on any atom is 0.0271 e. The molecule has 1 saturated carbocycles. The van der Waals surface area contributed by atoms with Crippen molar-refractivity contribution in [2.45, 2.75) is 25.7 Å². The zero-order chi connectivity index (χ0) is 6.97. The molecule has 2 unspecified atom stereocenters. The van der Waals surface area contributed by atoms with E-state index in [-0.39, 0.29) is 0 Å². The van der Waals surface area contributed by atoms with Crippen LogP contribution in [0.1, 0.15) is 25.7 Å². The molecule has 2 rings (SSSR count). The molecule has 52 valence electrons. The number of fused-ring (bicyclic) bond motifs is 1. The normalized spacial score (nSPS) is 36.6. The molecule has 0 aromatic carbocycles. The van der Waals surface area contributed by atoms with Gasteiger partial charge in [-0.2, -0.15) is 0 Å². The predicted octanol–water partition coefficient (Wildman–Crippen LogP) is 2.37. The van der Waals surface area contributed by atoms with Crippen molar-refractivity contribution in [1.29, 1.82) is 0 Å². The molecule has 0 spiro atoms. The maximum absolute atomic E-state index is 4.07. The highest BCUT2D eigenvalue weighted by molar-refractivity contribution is 5.21. The fraction of sp³-hybridized carbons (Fsp3) is 0.600. The smallest absolute Gasteiger partial charge is 0.0271 e. The topological polar surface area (TPSA) is 0 Å². The van der Waals surface area contributed by atoms with Crippen molar-refractivity contribution in [3.05, 3.63) is 12.2 Å². The molecular weight excluding hydrogens is 120 g/mol. The Kier molecular flexibility index (Phi) is 1.31. The number of hydrogen-bond donors (Lipinski definition) is 0. The van der Waals surface area contributed by atoms with Gasteiger partial charge in [-0.15, -0.1) is 5.92 Å². The largest absolute Gasteiger partial charge is 0.103 e. The van der Waals surface area contributed by atoms with E-state index < -0.39 is 0 Å². The van der Waals surface area contributed by atoms with Crippen LogP contribution in [0.5, 0.6) is 0 Å². The van der Waals surface area contributed by atoms with E-state index in [1.807, 2.05) is 0 Å². The number of rotatable bonds is 0. The van der Waals surface area contributed by atoms with E-state index >= 15 is 0 Å². The van der Waals surface area contributed by atoms with Crippen molar-refractivity contribution in [3.8, 4) is 11.8 Å². The molecule has 0 bridgehead atoms. The Balaban J connectivity index is 2.23. The van der Waals surface area contributed by atoms with Crippen molar-refractivity contribution in [3.63, 3.8) is 0 Å². The molecule has 1 fully saturated rings. The van der Waals surface area contributed by atoms with Crippen molar-refractivity contribution < 1.29 is 0 Å². The molecule has 0 heterocycles. The van der Waals surface area contributed by atoms with Gasteiger partial charge in [0.05, 0.1) is 0 Å². The molecule has 0 radical (unpaired) electrons. The fourth-order valence-electron chi connectivity index (χ4n) is 2.02. The Morgan fingerprint density at radius 3 is 3.10 bits per heavy atom. The highest BCUT2D eigenvalue weighted by Crippen LogP contribution is 2.39. The summed E-state index contributed by atoms with van der Waals surface area (Å²) in [6.45, 7) is 4.07. The zero-order valence-corrected chi connectivity index (χ0v) is 6.19. The molecule has 0 nitrogen and oxygen atoms in total. The van der Waals surface area contributed by atoms with E-state index in [1.54, 1.807) is 0 Å². The third-order valence-electron chi connectivity index (χ3n) is 2.65. The summed E-state index contributed by atoms with van der Waals surface area (Å²) in [5.74, 6) is 7.93. The van der Waals surface area contributed by atoms with Crippen molar-refractivity contribution in [2.24, 2.45) is 11.8 Å². The fourth-order valence-corrected chi connectivity index (χ4v) is 2.02. The minimum Gasteiger partial charge on any atom is -0.103 e. The van der Waals surface area contributed by atoms with E-state index in [2.05, 4.69) is 18.4 Å². The lowest BCUT2D eigenvalue weighted by Crippen LogP contribution is -2.09. The van der Waals surface area contributed by atoms with Crippen LogP contribution in [0.3, 0.4) is 0 Å². The molecule has 10 heavy (non-hydrogen) atoms. The Bertz CT molecular complexity index is 214. The van der Waals surface area contributed by atoms with Crippen LogP contribution in [0.4, 0.5) is 0 Å². The summed E-state index contributed by atoms with van der Waals surface area (Å²) >= 11 is 0. The standard InChI is InChI=1S/C10H12/c1-8-6-7-9-4-2-3-5-10(8)9/h9-10H,1,3,5-7H2. The van der Waals surface area contributed by atoms with Gasteiger partial charge in [0.1, 0.15) is 0 Å². The summed E-state index contributed by atoms with van der Waals surface area (Å²) < 4.78 is 0. The Morgan fingerprint density at radius 1 is 1.40 bits per heavy atom. The minimum atomic E-state index is 0.682. The monoisotopic (exact) mass is 132 g/mol. The summed E-state index contributed by atoms with van der Waals surface area (Å²) in [7, 11) is 0. The molecule has 0 N–H and O–H groups in total. The van der Waals surface area contributed by atoms with Gasteiger partial charge in [-0.3, -0.25) is 0 Å². The van der Waals surface area contributed by atoms with Crippen LogP contribution >= 0.6 is 0 Å². The third kappa shape index (κ3) is 0.778. The molecule has 0 saturated heterocycles. The van der Waals surface area contributed by atoms with Gasteiger partial charge in [0.25, 0.3) is 0 Å². The lowest BCUT2D eigenvalue weighted by atomic mass is 9.87. The lowest BCUT2D eigenvalue weighted by Gasteiger charge is -2.16. The highest BCUT2D eigenvalue weighted by Gasteiger charge is 2.29. The van der Waals surface area contributed by atoms with Gasteiger partial charge >= 0.3 is 0 Å². The molecular formula is C10H12. The third-order valence-corrected chi connectivity index (χ3v) is 2.65. The summed E-state index contributed by atoms with van der Waals surface area (Å²) in [6.07, 6.45) is 4.87. The van der Waals surface area contributed by atoms with E-state index in [9.17, 15) is 0 Å². The van der Waals surface area contributed by atoms with Gasteiger partial charge in [-0.25, -0.2) is 0 Å². The van der Waals surface area contributed by atoms with Gasteiger partial charge in [-0.05, 0) is 25.2 Å². The van der Waals surface area contributed by atoms with Crippen LogP contribution < -0.4 is 0 Å². The Labute approximate surface area is 62.3 Å². The molecule has 2 aliphatic rings. The first kappa shape index (κ1) is 6.04.